The van der Waals surface area contributed by atoms with Crippen LogP contribution in [0.15, 0.2) is 42.6 Å². The molecule has 2 aromatic heterocycles. The van der Waals surface area contributed by atoms with Gasteiger partial charge in [0.2, 0.25) is 0 Å². The van der Waals surface area contributed by atoms with Gasteiger partial charge in [0.25, 0.3) is 5.91 Å². The number of ether oxygens (including phenoxy) is 1. The van der Waals surface area contributed by atoms with Crippen LogP contribution in [0, 0.1) is 6.92 Å². The molecule has 0 saturated carbocycles. The number of thiazole rings is 1. The van der Waals surface area contributed by atoms with E-state index in [1.54, 1.807) is 13.3 Å². The van der Waals surface area contributed by atoms with Crippen molar-refractivity contribution in [3.05, 3.63) is 52.3 Å². The molecule has 4 nitrogen and oxygen atoms in total. The minimum absolute atomic E-state index is 0.196. The summed E-state index contributed by atoms with van der Waals surface area (Å²) < 4.78 is 5.34. The third-order valence-electron chi connectivity index (χ3n) is 3.02. The first-order valence-corrected chi connectivity index (χ1v) is 8.27. The fourth-order valence-corrected chi connectivity index (χ4v) is 3.68. The van der Waals surface area contributed by atoms with E-state index in [0.717, 1.165) is 15.3 Å². The predicted octanol–water partition coefficient (Wildman–Crippen LogP) is 4.44. The van der Waals surface area contributed by atoms with Gasteiger partial charge in [0, 0.05) is 16.0 Å². The van der Waals surface area contributed by atoms with Gasteiger partial charge in [-0.1, -0.05) is 30.3 Å². The molecule has 3 rings (SSSR count). The molecule has 1 aromatic carbocycles. The third kappa shape index (κ3) is 3.03. The molecule has 0 aliphatic rings. The molecular weight excluding hydrogens is 316 g/mol. The summed E-state index contributed by atoms with van der Waals surface area (Å²) in [6.45, 7) is 1.95. The van der Waals surface area contributed by atoms with Crippen LogP contribution in [0.4, 0.5) is 5.13 Å². The average molecular weight is 330 g/mol. The number of nitrogens with one attached hydrogen (secondary N) is 1. The number of carbonyl (C=O) groups is 1. The van der Waals surface area contributed by atoms with Gasteiger partial charge in [-0.25, -0.2) is 4.98 Å². The lowest BCUT2D eigenvalue weighted by atomic mass is 10.2. The van der Waals surface area contributed by atoms with E-state index >= 15 is 0 Å². The van der Waals surface area contributed by atoms with E-state index in [1.807, 2.05) is 43.3 Å². The van der Waals surface area contributed by atoms with Gasteiger partial charge in [-0.2, -0.15) is 0 Å². The maximum absolute atomic E-state index is 12.4. The van der Waals surface area contributed by atoms with Crippen LogP contribution in [-0.4, -0.2) is 18.0 Å². The van der Waals surface area contributed by atoms with Crippen molar-refractivity contribution in [2.45, 2.75) is 6.92 Å². The van der Waals surface area contributed by atoms with Crippen molar-refractivity contribution in [2.75, 3.05) is 12.4 Å². The minimum Gasteiger partial charge on any atom is -0.495 e. The highest BCUT2D eigenvalue weighted by Gasteiger charge is 2.19. The van der Waals surface area contributed by atoms with Crippen LogP contribution >= 0.6 is 22.7 Å². The van der Waals surface area contributed by atoms with Gasteiger partial charge in [0.1, 0.15) is 10.6 Å². The number of amides is 1. The number of thiophene rings is 1. The SMILES string of the molecule is COc1cc(-c2ccccc2)sc1C(=O)Nc1ncc(C)s1. The number of carbonyl (C=O) groups excluding carboxylic acids is 1. The van der Waals surface area contributed by atoms with Gasteiger partial charge in [0.05, 0.1) is 7.11 Å². The number of nitrogens with zero attached hydrogens (tertiary/aromatic N) is 1. The highest BCUT2D eigenvalue weighted by Crippen LogP contribution is 2.36. The molecule has 0 aliphatic carbocycles. The molecule has 0 unspecified atom stereocenters. The number of anilines is 1. The Kier molecular flexibility index (Phi) is 4.22. The summed E-state index contributed by atoms with van der Waals surface area (Å²) in [4.78, 5) is 19.2. The number of rotatable bonds is 4. The Morgan fingerprint density at radius 2 is 2.00 bits per heavy atom. The van der Waals surface area contributed by atoms with Crippen LogP contribution < -0.4 is 10.1 Å². The highest BCUT2D eigenvalue weighted by molar-refractivity contribution is 7.18. The van der Waals surface area contributed by atoms with Crippen LogP contribution in [0.25, 0.3) is 10.4 Å². The quantitative estimate of drug-likeness (QED) is 0.769. The fourth-order valence-electron chi connectivity index (χ4n) is 2.00. The topological polar surface area (TPSA) is 51.2 Å². The molecule has 112 valence electrons. The first-order valence-electron chi connectivity index (χ1n) is 6.64. The van der Waals surface area contributed by atoms with Crippen molar-refractivity contribution in [3.8, 4) is 16.2 Å². The molecule has 1 N–H and O–H groups in total. The Labute approximate surface area is 136 Å². The summed E-state index contributed by atoms with van der Waals surface area (Å²) in [6.07, 6.45) is 1.74. The maximum atomic E-state index is 12.4. The number of benzene rings is 1. The lowest BCUT2D eigenvalue weighted by Gasteiger charge is -2.01. The molecule has 0 spiro atoms. The van der Waals surface area contributed by atoms with Gasteiger partial charge in [-0.15, -0.1) is 22.7 Å². The summed E-state index contributed by atoms with van der Waals surface area (Å²) in [5.74, 6) is 0.382. The normalized spacial score (nSPS) is 10.5. The van der Waals surface area contributed by atoms with Gasteiger partial charge in [-0.3, -0.25) is 10.1 Å². The molecule has 2 heterocycles. The first kappa shape index (κ1) is 14.7. The average Bonchev–Trinajstić information content (AvgIpc) is 3.14. The van der Waals surface area contributed by atoms with Crippen LogP contribution in [0.2, 0.25) is 0 Å². The molecule has 0 bridgehead atoms. The van der Waals surface area contributed by atoms with Crippen molar-refractivity contribution in [1.82, 2.24) is 4.98 Å². The monoisotopic (exact) mass is 330 g/mol. The zero-order valence-electron chi connectivity index (χ0n) is 12.1. The van der Waals surface area contributed by atoms with Crippen LogP contribution in [-0.2, 0) is 0 Å². The smallest absolute Gasteiger partial charge is 0.271 e. The Bertz CT molecular complexity index is 794. The van der Waals surface area contributed by atoms with Gasteiger partial charge < -0.3 is 4.74 Å². The molecule has 3 aromatic rings. The lowest BCUT2D eigenvalue weighted by molar-refractivity contribution is 0.102. The Hall–Kier alpha value is -2.18. The molecule has 0 fully saturated rings. The molecule has 0 radical (unpaired) electrons. The van der Waals surface area contributed by atoms with E-state index in [9.17, 15) is 4.79 Å². The van der Waals surface area contributed by atoms with Gasteiger partial charge in [-0.05, 0) is 18.6 Å². The van der Waals surface area contributed by atoms with E-state index in [1.165, 1.54) is 22.7 Å². The minimum atomic E-state index is -0.196. The van der Waals surface area contributed by atoms with E-state index < -0.39 is 0 Å². The van der Waals surface area contributed by atoms with E-state index in [-0.39, 0.29) is 5.91 Å². The second-order valence-electron chi connectivity index (χ2n) is 4.60. The number of hydrogen-bond acceptors (Lipinski definition) is 5. The van der Waals surface area contributed by atoms with Crippen molar-refractivity contribution in [1.29, 1.82) is 0 Å². The van der Waals surface area contributed by atoms with E-state index in [0.29, 0.717) is 15.8 Å². The summed E-state index contributed by atoms with van der Waals surface area (Å²) in [5, 5.41) is 3.41. The molecular formula is C16H14N2O2S2. The van der Waals surface area contributed by atoms with E-state index in [2.05, 4.69) is 10.3 Å². The van der Waals surface area contributed by atoms with Crippen molar-refractivity contribution in [3.63, 3.8) is 0 Å². The number of aryl methyl sites for hydroxylation is 1. The van der Waals surface area contributed by atoms with Crippen molar-refractivity contribution >= 4 is 33.7 Å². The molecule has 6 heteroatoms. The van der Waals surface area contributed by atoms with Crippen molar-refractivity contribution < 1.29 is 9.53 Å². The molecule has 0 aliphatic heterocycles. The van der Waals surface area contributed by atoms with E-state index in [4.69, 9.17) is 4.74 Å². The first-order chi connectivity index (χ1) is 10.7. The second kappa shape index (κ2) is 6.29. The molecule has 0 atom stereocenters. The summed E-state index contributed by atoms with van der Waals surface area (Å²) in [6, 6.07) is 11.8. The second-order valence-corrected chi connectivity index (χ2v) is 6.89. The third-order valence-corrected chi connectivity index (χ3v) is 5.02. The fraction of sp³-hybridized carbons (Fsp3) is 0.125. The Balaban J connectivity index is 1.89. The van der Waals surface area contributed by atoms with Gasteiger partial charge >= 0.3 is 0 Å². The standard InChI is InChI=1S/C16H14N2O2S2/c1-10-9-17-16(21-10)18-15(19)14-12(20-2)8-13(22-14)11-6-4-3-5-7-11/h3-9H,1-2H3,(H,17,18,19). The van der Waals surface area contributed by atoms with Crippen LogP contribution in [0.5, 0.6) is 5.75 Å². The Morgan fingerprint density at radius 1 is 1.23 bits per heavy atom. The lowest BCUT2D eigenvalue weighted by Crippen LogP contribution is -2.10. The number of hydrogen-bond donors (Lipinski definition) is 1. The molecule has 0 saturated heterocycles. The summed E-state index contributed by atoms with van der Waals surface area (Å²) >= 11 is 2.86. The predicted molar refractivity (Wildman–Crippen MR) is 91.1 cm³/mol. The summed E-state index contributed by atoms with van der Waals surface area (Å²) in [7, 11) is 1.57. The maximum Gasteiger partial charge on any atom is 0.271 e. The van der Waals surface area contributed by atoms with Crippen LogP contribution in [0.1, 0.15) is 14.5 Å². The molecule has 22 heavy (non-hydrogen) atoms. The van der Waals surface area contributed by atoms with Crippen LogP contribution in [0.3, 0.4) is 0 Å². The largest absolute Gasteiger partial charge is 0.495 e. The Morgan fingerprint density at radius 3 is 2.64 bits per heavy atom. The molecule has 1 amide bonds. The highest BCUT2D eigenvalue weighted by atomic mass is 32.1. The number of methoxy groups -OCH3 is 1. The zero-order valence-corrected chi connectivity index (χ0v) is 13.8. The summed E-state index contributed by atoms with van der Waals surface area (Å²) in [5.41, 5.74) is 1.06. The zero-order chi connectivity index (χ0) is 15.5. The van der Waals surface area contributed by atoms with Gasteiger partial charge in [0.15, 0.2) is 5.13 Å². The van der Waals surface area contributed by atoms with Crippen molar-refractivity contribution in [2.24, 2.45) is 0 Å². The number of aromatic nitrogens is 1.